The molecule has 23 heavy (non-hydrogen) atoms. The molecule has 1 heterocycles. The Labute approximate surface area is 133 Å². The van der Waals surface area contributed by atoms with E-state index in [1.54, 1.807) is 12.1 Å². The summed E-state index contributed by atoms with van der Waals surface area (Å²) in [5.74, 6) is -0.539. The molecular formula is C16H19FN4O2. The lowest BCUT2D eigenvalue weighted by Crippen LogP contribution is -2.43. The maximum Gasteiger partial charge on any atom is 0.273 e. The lowest BCUT2D eigenvalue weighted by molar-refractivity contribution is 0.0867. The molecule has 1 amide bonds. The summed E-state index contributed by atoms with van der Waals surface area (Å²) in [7, 11) is 0. The van der Waals surface area contributed by atoms with Crippen LogP contribution in [0.4, 0.5) is 4.39 Å². The highest BCUT2D eigenvalue weighted by Crippen LogP contribution is 2.24. The standard InChI is InChI=1S/C16H19FN4O2/c17-12-5-7-13(8-6-12)21-9-15(19-20-21)16(23)18-14-4-2-1-3-11(14)10-22/h5-9,11,14,22H,1-4,10H2,(H,18,23). The molecule has 3 rings (SSSR count). The fourth-order valence-electron chi connectivity index (χ4n) is 2.95. The van der Waals surface area contributed by atoms with Crippen molar-refractivity contribution >= 4 is 5.91 Å². The van der Waals surface area contributed by atoms with Crippen LogP contribution >= 0.6 is 0 Å². The topological polar surface area (TPSA) is 80.0 Å². The van der Waals surface area contributed by atoms with E-state index in [-0.39, 0.29) is 36.0 Å². The van der Waals surface area contributed by atoms with Crippen LogP contribution in [0.3, 0.4) is 0 Å². The summed E-state index contributed by atoms with van der Waals surface area (Å²) in [5.41, 5.74) is 0.834. The first-order valence-corrected chi connectivity index (χ1v) is 7.77. The summed E-state index contributed by atoms with van der Waals surface area (Å²) < 4.78 is 14.4. The second kappa shape index (κ2) is 6.87. The van der Waals surface area contributed by atoms with Crippen molar-refractivity contribution in [2.45, 2.75) is 31.7 Å². The Balaban J connectivity index is 1.69. The normalized spacial score (nSPS) is 21.1. The van der Waals surface area contributed by atoms with Crippen LogP contribution in [0.2, 0.25) is 0 Å². The van der Waals surface area contributed by atoms with Crippen LogP contribution in [0, 0.1) is 11.7 Å². The molecule has 0 radical (unpaired) electrons. The number of hydrogen-bond acceptors (Lipinski definition) is 4. The van der Waals surface area contributed by atoms with Crippen LogP contribution in [0.5, 0.6) is 0 Å². The molecule has 1 aliphatic carbocycles. The van der Waals surface area contributed by atoms with Gasteiger partial charge in [-0.05, 0) is 37.1 Å². The van der Waals surface area contributed by atoms with Crippen LogP contribution < -0.4 is 5.32 Å². The first-order valence-electron chi connectivity index (χ1n) is 7.77. The third-order valence-corrected chi connectivity index (χ3v) is 4.28. The van der Waals surface area contributed by atoms with Crippen molar-refractivity contribution in [3.8, 4) is 5.69 Å². The number of nitrogens with zero attached hydrogens (tertiary/aromatic N) is 3. The van der Waals surface area contributed by atoms with E-state index in [4.69, 9.17) is 0 Å². The first-order chi connectivity index (χ1) is 11.2. The molecule has 0 spiro atoms. The molecule has 0 aliphatic heterocycles. The third-order valence-electron chi connectivity index (χ3n) is 4.28. The van der Waals surface area contributed by atoms with Gasteiger partial charge >= 0.3 is 0 Å². The molecule has 0 saturated heterocycles. The maximum atomic E-state index is 12.9. The van der Waals surface area contributed by atoms with Gasteiger partial charge in [0.25, 0.3) is 5.91 Å². The molecule has 1 aliphatic rings. The SMILES string of the molecule is O=C(NC1CCCCC1CO)c1cn(-c2ccc(F)cc2)nn1. The smallest absolute Gasteiger partial charge is 0.273 e. The van der Waals surface area contributed by atoms with E-state index in [0.29, 0.717) is 5.69 Å². The summed E-state index contributed by atoms with van der Waals surface area (Å²) >= 11 is 0. The Kier molecular flexibility index (Phi) is 4.66. The summed E-state index contributed by atoms with van der Waals surface area (Å²) in [6.45, 7) is 0.0766. The number of carbonyl (C=O) groups is 1. The quantitative estimate of drug-likeness (QED) is 0.899. The zero-order chi connectivity index (χ0) is 16.2. The average molecular weight is 318 g/mol. The van der Waals surface area contributed by atoms with Crippen LogP contribution in [0.1, 0.15) is 36.2 Å². The lowest BCUT2D eigenvalue weighted by Gasteiger charge is -2.30. The van der Waals surface area contributed by atoms with E-state index in [1.165, 1.54) is 23.0 Å². The number of halogens is 1. The van der Waals surface area contributed by atoms with Gasteiger partial charge in [-0.3, -0.25) is 4.79 Å². The Bertz CT molecular complexity index is 671. The molecule has 7 heteroatoms. The van der Waals surface area contributed by atoms with Crippen LogP contribution in [0.15, 0.2) is 30.5 Å². The minimum atomic E-state index is -0.334. The van der Waals surface area contributed by atoms with Gasteiger partial charge in [0.05, 0.1) is 11.9 Å². The predicted octanol–water partition coefficient (Wildman–Crippen LogP) is 1.69. The Morgan fingerprint density at radius 2 is 2.04 bits per heavy atom. The molecule has 0 bridgehead atoms. The summed E-state index contributed by atoms with van der Waals surface area (Å²) in [6, 6.07) is 5.75. The van der Waals surface area contributed by atoms with Gasteiger partial charge < -0.3 is 10.4 Å². The number of carbonyl (C=O) groups excluding carboxylic acids is 1. The second-order valence-corrected chi connectivity index (χ2v) is 5.83. The zero-order valence-corrected chi connectivity index (χ0v) is 12.7. The van der Waals surface area contributed by atoms with Crippen molar-refractivity contribution in [2.24, 2.45) is 5.92 Å². The lowest BCUT2D eigenvalue weighted by atomic mass is 9.85. The minimum absolute atomic E-state index is 0.0304. The van der Waals surface area contributed by atoms with Crippen molar-refractivity contribution in [3.63, 3.8) is 0 Å². The van der Waals surface area contributed by atoms with Crippen molar-refractivity contribution in [3.05, 3.63) is 42.0 Å². The van der Waals surface area contributed by atoms with Gasteiger partial charge in [0.15, 0.2) is 5.69 Å². The molecule has 1 aromatic carbocycles. The molecule has 2 atom stereocenters. The number of hydrogen-bond donors (Lipinski definition) is 2. The highest BCUT2D eigenvalue weighted by Gasteiger charge is 2.26. The molecule has 1 saturated carbocycles. The van der Waals surface area contributed by atoms with Crippen molar-refractivity contribution in [1.82, 2.24) is 20.3 Å². The fourth-order valence-corrected chi connectivity index (χ4v) is 2.95. The molecule has 122 valence electrons. The van der Waals surface area contributed by atoms with E-state index in [0.717, 1.165) is 25.7 Å². The molecule has 2 aromatic rings. The Morgan fingerprint density at radius 1 is 1.30 bits per heavy atom. The Hall–Kier alpha value is -2.28. The van der Waals surface area contributed by atoms with Gasteiger partial charge in [0, 0.05) is 18.6 Å². The Morgan fingerprint density at radius 3 is 2.78 bits per heavy atom. The summed E-state index contributed by atoms with van der Waals surface area (Å²) in [4.78, 5) is 12.3. The van der Waals surface area contributed by atoms with E-state index in [1.807, 2.05) is 0 Å². The molecule has 1 aromatic heterocycles. The van der Waals surface area contributed by atoms with E-state index >= 15 is 0 Å². The van der Waals surface area contributed by atoms with E-state index in [9.17, 15) is 14.3 Å². The molecule has 2 unspecified atom stereocenters. The maximum absolute atomic E-state index is 12.9. The highest BCUT2D eigenvalue weighted by atomic mass is 19.1. The highest BCUT2D eigenvalue weighted by molar-refractivity contribution is 5.92. The number of aliphatic hydroxyl groups excluding tert-OH is 1. The van der Waals surface area contributed by atoms with Gasteiger partial charge in [-0.15, -0.1) is 5.10 Å². The number of amides is 1. The fraction of sp³-hybridized carbons (Fsp3) is 0.438. The first kappa shape index (κ1) is 15.6. The van der Waals surface area contributed by atoms with Crippen molar-refractivity contribution in [2.75, 3.05) is 6.61 Å². The van der Waals surface area contributed by atoms with Crippen molar-refractivity contribution < 1.29 is 14.3 Å². The van der Waals surface area contributed by atoms with Crippen LogP contribution in [0.25, 0.3) is 5.69 Å². The number of aromatic nitrogens is 3. The number of aliphatic hydroxyl groups is 1. The van der Waals surface area contributed by atoms with Crippen LogP contribution in [-0.4, -0.2) is 38.7 Å². The van der Waals surface area contributed by atoms with Gasteiger partial charge in [-0.25, -0.2) is 9.07 Å². The molecular weight excluding hydrogens is 299 g/mol. The predicted molar refractivity (Wildman–Crippen MR) is 81.6 cm³/mol. The largest absolute Gasteiger partial charge is 0.396 e. The van der Waals surface area contributed by atoms with Crippen molar-refractivity contribution in [1.29, 1.82) is 0 Å². The van der Waals surface area contributed by atoms with Gasteiger partial charge in [0.1, 0.15) is 5.82 Å². The zero-order valence-electron chi connectivity index (χ0n) is 12.7. The van der Waals surface area contributed by atoms with Gasteiger partial charge in [-0.2, -0.15) is 0 Å². The molecule has 6 nitrogen and oxygen atoms in total. The van der Waals surface area contributed by atoms with Crippen LogP contribution in [-0.2, 0) is 0 Å². The third kappa shape index (κ3) is 3.56. The summed E-state index contributed by atoms with van der Waals surface area (Å²) in [5, 5.41) is 20.1. The second-order valence-electron chi connectivity index (χ2n) is 5.83. The van der Waals surface area contributed by atoms with E-state index < -0.39 is 0 Å². The molecule has 1 fully saturated rings. The number of nitrogens with one attached hydrogen (secondary N) is 1. The molecule has 2 N–H and O–H groups in total. The van der Waals surface area contributed by atoms with Gasteiger partial charge in [-0.1, -0.05) is 18.1 Å². The monoisotopic (exact) mass is 318 g/mol. The van der Waals surface area contributed by atoms with Gasteiger partial charge in [0.2, 0.25) is 0 Å². The van der Waals surface area contributed by atoms with E-state index in [2.05, 4.69) is 15.6 Å². The average Bonchev–Trinajstić information content (AvgIpc) is 3.06. The number of benzene rings is 1. The summed E-state index contributed by atoms with van der Waals surface area (Å²) in [6.07, 6.45) is 5.42. The number of rotatable bonds is 4. The minimum Gasteiger partial charge on any atom is -0.396 e.